The Hall–Kier alpha value is -0.0500. The van der Waals surface area contributed by atoms with Gasteiger partial charge in [0.15, 0.2) is 0 Å². The second-order valence-corrected chi connectivity index (χ2v) is 6.59. The molecule has 1 aliphatic carbocycles. The van der Waals surface area contributed by atoms with Gasteiger partial charge in [0.05, 0.1) is 0 Å². The van der Waals surface area contributed by atoms with Crippen molar-refractivity contribution in [2.24, 2.45) is 11.7 Å². The van der Waals surface area contributed by atoms with E-state index in [1.807, 2.05) is 0 Å². The molecule has 0 aliphatic heterocycles. The largest absolute Gasteiger partial charge is 0.328 e. The summed E-state index contributed by atoms with van der Waals surface area (Å²) in [6.45, 7) is 2.19. The number of nitrogens with two attached hydrogens (primary N) is 1. The van der Waals surface area contributed by atoms with E-state index in [2.05, 4.69) is 47.1 Å². The second kappa shape index (κ2) is 8.28. The first-order chi connectivity index (χ1) is 8.69. The summed E-state index contributed by atoms with van der Waals surface area (Å²) in [7, 11) is 0. The van der Waals surface area contributed by atoms with Crippen LogP contribution >= 0.6 is 28.3 Å². The van der Waals surface area contributed by atoms with Crippen LogP contribution in [0.5, 0.6) is 0 Å². The Morgan fingerprint density at radius 1 is 1.16 bits per heavy atom. The van der Waals surface area contributed by atoms with Crippen LogP contribution < -0.4 is 5.73 Å². The van der Waals surface area contributed by atoms with Gasteiger partial charge in [-0.05, 0) is 68.1 Å². The van der Waals surface area contributed by atoms with Gasteiger partial charge in [-0.1, -0.05) is 35.0 Å². The third-order valence-corrected chi connectivity index (χ3v) is 4.88. The molecule has 1 unspecified atom stereocenters. The maximum absolute atomic E-state index is 6.06. The summed E-state index contributed by atoms with van der Waals surface area (Å²) in [5, 5.41) is 0. The predicted molar refractivity (Wildman–Crippen MR) is 89.0 cm³/mol. The number of benzene rings is 1. The monoisotopic (exact) mass is 345 g/mol. The minimum absolute atomic E-state index is 0. The molecule has 1 fully saturated rings. The van der Waals surface area contributed by atoms with E-state index < -0.39 is 0 Å². The molecule has 2 N–H and O–H groups in total. The van der Waals surface area contributed by atoms with Crippen molar-refractivity contribution in [3.8, 4) is 0 Å². The van der Waals surface area contributed by atoms with Gasteiger partial charge in [0.1, 0.15) is 0 Å². The van der Waals surface area contributed by atoms with Crippen molar-refractivity contribution in [1.29, 1.82) is 0 Å². The molecule has 0 heterocycles. The van der Waals surface area contributed by atoms with Crippen molar-refractivity contribution in [1.82, 2.24) is 0 Å². The zero-order chi connectivity index (χ0) is 13.0. The van der Waals surface area contributed by atoms with Gasteiger partial charge >= 0.3 is 0 Å². The highest BCUT2D eigenvalue weighted by Crippen LogP contribution is 2.37. The van der Waals surface area contributed by atoms with E-state index in [4.69, 9.17) is 5.73 Å². The molecule has 0 amide bonds. The highest BCUT2D eigenvalue weighted by Gasteiger charge is 2.23. The first-order valence-electron chi connectivity index (χ1n) is 7.20. The van der Waals surface area contributed by atoms with Crippen LogP contribution in [0.3, 0.4) is 0 Å². The molecule has 0 bridgehead atoms. The number of hydrogen-bond donors (Lipinski definition) is 1. The normalized spacial score (nSPS) is 24.6. The van der Waals surface area contributed by atoms with E-state index in [-0.39, 0.29) is 12.4 Å². The van der Waals surface area contributed by atoms with Crippen molar-refractivity contribution in [2.45, 2.75) is 57.4 Å². The average Bonchev–Trinajstić information content (AvgIpc) is 2.40. The van der Waals surface area contributed by atoms with Crippen LogP contribution in [-0.4, -0.2) is 6.04 Å². The molecule has 1 saturated carbocycles. The zero-order valence-electron chi connectivity index (χ0n) is 11.6. The quantitative estimate of drug-likeness (QED) is 0.789. The Morgan fingerprint density at radius 2 is 1.74 bits per heavy atom. The van der Waals surface area contributed by atoms with Gasteiger partial charge < -0.3 is 5.73 Å². The van der Waals surface area contributed by atoms with Crippen molar-refractivity contribution in [3.63, 3.8) is 0 Å². The summed E-state index contributed by atoms with van der Waals surface area (Å²) in [5.74, 6) is 1.64. The molecule has 1 aromatic carbocycles. The van der Waals surface area contributed by atoms with Crippen LogP contribution in [0.25, 0.3) is 0 Å². The molecule has 0 saturated heterocycles. The first kappa shape index (κ1) is 17.0. The number of rotatable bonds is 4. The van der Waals surface area contributed by atoms with E-state index in [0.29, 0.717) is 6.04 Å². The molecular weight excluding hydrogens is 322 g/mol. The zero-order valence-corrected chi connectivity index (χ0v) is 14.1. The van der Waals surface area contributed by atoms with Gasteiger partial charge in [-0.3, -0.25) is 0 Å². The van der Waals surface area contributed by atoms with Gasteiger partial charge in [-0.25, -0.2) is 0 Å². The maximum atomic E-state index is 6.06. The Kier molecular flexibility index (Phi) is 7.41. The number of hydrogen-bond acceptors (Lipinski definition) is 1. The third kappa shape index (κ3) is 5.09. The van der Waals surface area contributed by atoms with Gasteiger partial charge in [0.2, 0.25) is 0 Å². The van der Waals surface area contributed by atoms with Crippen molar-refractivity contribution >= 4 is 28.3 Å². The van der Waals surface area contributed by atoms with Crippen molar-refractivity contribution in [2.75, 3.05) is 0 Å². The molecule has 108 valence electrons. The SMILES string of the molecule is CCC(N)CC1CCC(c2ccc(Br)cc2)CC1.Cl. The van der Waals surface area contributed by atoms with Gasteiger partial charge in [0, 0.05) is 10.5 Å². The lowest BCUT2D eigenvalue weighted by atomic mass is 9.76. The van der Waals surface area contributed by atoms with Crippen LogP contribution in [0.15, 0.2) is 28.7 Å². The Balaban J connectivity index is 0.00000180. The van der Waals surface area contributed by atoms with Crippen LogP contribution in [0, 0.1) is 5.92 Å². The Bertz CT molecular complexity index is 358. The molecule has 19 heavy (non-hydrogen) atoms. The molecule has 1 atom stereocenters. The molecule has 2 rings (SSSR count). The molecule has 0 spiro atoms. The number of halogens is 2. The van der Waals surface area contributed by atoms with Crippen LogP contribution in [0.1, 0.15) is 56.9 Å². The highest BCUT2D eigenvalue weighted by atomic mass is 79.9. The minimum atomic E-state index is 0. The van der Waals surface area contributed by atoms with Crippen LogP contribution in [-0.2, 0) is 0 Å². The molecular formula is C16H25BrClN. The lowest BCUT2D eigenvalue weighted by molar-refractivity contribution is 0.291. The minimum Gasteiger partial charge on any atom is -0.328 e. The molecule has 0 radical (unpaired) electrons. The molecule has 3 heteroatoms. The van der Waals surface area contributed by atoms with E-state index in [1.54, 1.807) is 0 Å². The van der Waals surface area contributed by atoms with E-state index in [1.165, 1.54) is 42.1 Å². The van der Waals surface area contributed by atoms with Gasteiger partial charge in [-0.2, -0.15) is 0 Å². The lowest BCUT2D eigenvalue weighted by Crippen LogP contribution is -2.25. The fourth-order valence-electron chi connectivity index (χ4n) is 3.06. The first-order valence-corrected chi connectivity index (χ1v) is 7.99. The van der Waals surface area contributed by atoms with Crippen LogP contribution in [0.2, 0.25) is 0 Å². The summed E-state index contributed by atoms with van der Waals surface area (Å²) >= 11 is 3.50. The Morgan fingerprint density at radius 3 is 2.26 bits per heavy atom. The van der Waals surface area contributed by atoms with E-state index in [9.17, 15) is 0 Å². The summed E-state index contributed by atoms with van der Waals surface area (Å²) in [6, 6.07) is 9.28. The lowest BCUT2D eigenvalue weighted by Gasteiger charge is -2.30. The molecule has 1 aliphatic rings. The summed E-state index contributed by atoms with van der Waals surface area (Å²) < 4.78 is 1.17. The van der Waals surface area contributed by atoms with Gasteiger partial charge in [-0.15, -0.1) is 12.4 Å². The van der Waals surface area contributed by atoms with E-state index in [0.717, 1.165) is 18.3 Å². The Labute approximate surface area is 131 Å². The summed E-state index contributed by atoms with van der Waals surface area (Å²) in [5.41, 5.74) is 7.57. The third-order valence-electron chi connectivity index (χ3n) is 4.35. The fraction of sp³-hybridized carbons (Fsp3) is 0.625. The highest BCUT2D eigenvalue weighted by molar-refractivity contribution is 9.10. The molecule has 0 aromatic heterocycles. The van der Waals surface area contributed by atoms with Crippen molar-refractivity contribution in [3.05, 3.63) is 34.3 Å². The topological polar surface area (TPSA) is 26.0 Å². The summed E-state index contributed by atoms with van der Waals surface area (Å²) in [6.07, 6.45) is 7.73. The van der Waals surface area contributed by atoms with Crippen LogP contribution in [0.4, 0.5) is 0 Å². The average molecular weight is 347 g/mol. The predicted octanol–water partition coefficient (Wildman–Crippen LogP) is 5.27. The standard InChI is InChI=1S/C16H24BrN.ClH/c1-2-16(18)11-12-3-5-13(6-4-12)14-7-9-15(17)10-8-14;/h7-10,12-13,16H,2-6,11,18H2,1H3;1H. The second-order valence-electron chi connectivity index (χ2n) is 5.67. The molecule has 1 nitrogen and oxygen atoms in total. The summed E-state index contributed by atoms with van der Waals surface area (Å²) in [4.78, 5) is 0. The maximum Gasteiger partial charge on any atom is 0.0175 e. The van der Waals surface area contributed by atoms with Crippen molar-refractivity contribution < 1.29 is 0 Å². The van der Waals surface area contributed by atoms with Gasteiger partial charge in [0.25, 0.3) is 0 Å². The van der Waals surface area contributed by atoms with E-state index >= 15 is 0 Å². The fourth-order valence-corrected chi connectivity index (χ4v) is 3.33. The molecule has 1 aromatic rings. The smallest absolute Gasteiger partial charge is 0.0175 e.